The van der Waals surface area contributed by atoms with Gasteiger partial charge in [0.1, 0.15) is 0 Å². The number of carbonyl (C=O) groups excluding carboxylic acids is 1. The third-order valence-corrected chi connectivity index (χ3v) is 5.02. The summed E-state index contributed by atoms with van der Waals surface area (Å²) in [5.41, 5.74) is 9.64. The number of benzene rings is 2. The lowest BCUT2D eigenvalue weighted by Crippen LogP contribution is -2.35. The lowest BCUT2D eigenvalue weighted by Gasteiger charge is -2.30. The van der Waals surface area contributed by atoms with E-state index in [1.807, 2.05) is 47.4 Å². The molecular formula is C19H23ClN2OS. The van der Waals surface area contributed by atoms with Crippen LogP contribution in [0.4, 0.5) is 11.4 Å². The molecule has 0 spiro atoms. The SMILES string of the molecule is CC(C)Sc1ccc(C(=O)N2CCCc3c(N)cccc32)cc1.Cl. The summed E-state index contributed by atoms with van der Waals surface area (Å²) in [7, 11) is 0. The fourth-order valence-electron chi connectivity index (χ4n) is 2.97. The summed E-state index contributed by atoms with van der Waals surface area (Å²) in [6.07, 6.45) is 1.89. The molecule has 128 valence electrons. The average Bonchev–Trinajstić information content (AvgIpc) is 2.54. The highest BCUT2D eigenvalue weighted by atomic mass is 35.5. The summed E-state index contributed by atoms with van der Waals surface area (Å²) in [6.45, 7) is 5.08. The lowest BCUT2D eigenvalue weighted by atomic mass is 9.99. The van der Waals surface area contributed by atoms with Crippen LogP contribution < -0.4 is 10.6 Å². The Morgan fingerprint density at radius 3 is 2.54 bits per heavy atom. The van der Waals surface area contributed by atoms with Gasteiger partial charge in [0.05, 0.1) is 0 Å². The van der Waals surface area contributed by atoms with E-state index < -0.39 is 0 Å². The Hall–Kier alpha value is -1.65. The van der Waals surface area contributed by atoms with Crippen molar-refractivity contribution in [3.63, 3.8) is 0 Å². The van der Waals surface area contributed by atoms with Crippen molar-refractivity contribution in [1.82, 2.24) is 0 Å². The molecule has 0 aromatic heterocycles. The Kier molecular flexibility index (Phi) is 6.19. The van der Waals surface area contributed by atoms with Crippen LogP contribution in [0.3, 0.4) is 0 Å². The molecule has 24 heavy (non-hydrogen) atoms. The topological polar surface area (TPSA) is 46.3 Å². The normalized spacial score (nSPS) is 13.4. The molecule has 1 heterocycles. The van der Waals surface area contributed by atoms with Crippen molar-refractivity contribution in [3.05, 3.63) is 53.6 Å². The summed E-state index contributed by atoms with van der Waals surface area (Å²) < 4.78 is 0. The Balaban J connectivity index is 0.00000208. The number of rotatable bonds is 3. The van der Waals surface area contributed by atoms with E-state index in [9.17, 15) is 4.79 Å². The molecule has 1 aliphatic heterocycles. The van der Waals surface area contributed by atoms with Gasteiger partial charge in [-0.1, -0.05) is 19.9 Å². The molecule has 0 bridgehead atoms. The van der Waals surface area contributed by atoms with Crippen LogP contribution in [0.15, 0.2) is 47.4 Å². The average molecular weight is 363 g/mol. The molecule has 0 saturated heterocycles. The number of nitrogens with zero attached hydrogens (tertiary/aromatic N) is 1. The van der Waals surface area contributed by atoms with Crippen LogP contribution >= 0.6 is 24.2 Å². The fraction of sp³-hybridized carbons (Fsp3) is 0.316. The smallest absolute Gasteiger partial charge is 0.258 e. The van der Waals surface area contributed by atoms with Crippen molar-refractivity contribution in [1.29, 1.82) is 0 Å². The van der Waals surface area contributed by atoms with Crippen LogP contribution in [0.1, 0.15) is 36.2 Å². The predicted molar refractivity (Wildman–Crippen MR) is 106 cm³/mol. The van der Waals surface area contributed by atoms with Crippen molar-refractivity contribution in [3.8, 4) is 0 Å². The molecule has 0 atom stereocenters. The van der Waals surface area contributed by atoms with Gasteiger partial charge < -0.3 is 10.6 Å². The summed E-state index contributed by atoms with van der Waals surface area (Å²) >= 11 is 1.80. The summed E-state index contributed by atoms with van der Waals surface area (Å²) in [4.78, 5) is 15.9. The van der Waals surface area contributed by atoms with E-state index in [0.717, 1.165) is 41.9 Å². The maximum atomic E-state index is 12.9. The molecule has 1 amide bonds. The number of hydrogen-bond donors (Lipinski definition) is 1. The van der Waals surface area contributed by atoms with Crippen LogP contribution in [0.2, 0.25) is 0 Å². The summed E-state index contributed by atoms with van der Waals surface area (Å²) in [5, 5.41) is 0.536. The Morgan fingerprint density at radius 2 is 1.88 bits per heavy atom. The molecule has 2 aromatic rings. The third-order valence-electron chi connectivity index (χ3n) is 4.01. The molecular weight excluding hydrogens is 340 g/mol. The fourth-order valence-corrected chi connectivity index (χ4v) is 3.80. The van der Waals surface area contributed by atoms with Gasteiger partial charge in [0.25, 0.3) is 5.91 Å². The first kappa shape index (κ1) is 18.7. The lowest BCUT2D eigenvalue weighted by molar-refractivity contribution is 0.0985. The Morgan fingerprint density at radius 1 is 1.17 bits per heavy atom. The van der Waals surface area contributed by atoms with Crippen molar-refractivity contribution in [2.75, 3.05) is 17.2 Å². The van der Waals surface area contributed by atoms with Gasteiger partial charge in [-0.25, -0.2) is 0 Å². The van der Waals surface area contributed by atoms with Gasteiger partial charge in [0.15, 0.2) is 0 Å². The zero-order valence-electron chi connectivity index (χ0n) is 14.0. The van der Waals surface area contributed by atoms with Crippen LogP contribution in [-0.4, -0.2) is 17.7 Å². The van der Waals surface area contributed by atoms with E-state index in [4.69, 9.17) is 5.73 Å². The highest BCUT2D eigenvalue weighted by Gasteiger charge is 2.24. The number of fused-ring (bicyclic) bond motifs is 1. The van der Waals surface area contributed by atoms with Gasteiger partial charge in [-0.15, -0.1) is 24.2 Å². The number of thioether (sulfide) groups is 1. The number of amides is 1. The molecule has 2 N–H and O–H groups in total. The van der Waals surface area contributed by atoms with Crippen molar-refractivity contribution >= 4 is 41.5 Å². The zero-order valence-corrected chi connectivity index (χ0v) is 15.6. The van der Waals surface area contributed by atoms with E-state index in [1.54, 1.807) is 11.8 Å². The van der Waals surface area contributed by atoms with Gasteiger partial charge in [0.2, 0.25) is 0 Å². The van der Waals surface area contributed by atoms with E-state index in [1.165, 1.54) is 4.90 Å². The molecule has 0 fully saturated rings. The number of hydrogen-bond acceptors (Lipinski definition) is 3. The van der Waals surface area contributed by atoms with Gasteiger partial charge in [-0.3, -0.25) is 4.79 Å². The van der Waals surface area contributed by atoms with Crippen LogP contribution in [-0.2, 0) is 6.42 Å². The highest BCUT2D eigenvalue weighted by Crippen LogP contribution is 2.32. The minimum absolute atomic E-state index is 0. The second kappa shape index (κ2) is 7.95. The molecule has 2 aromatic carbocycles. The molecule has 5 heteroatoms. The maximum Gasteiger partial charge on any atom is 0.258 e. The number of carbonyl (C=O) groups is 1. The van der Waals surface area contributed by atoms with Crippen molar-refractivity contribution in [2.45, 2.75) is 36.8 Å². The molecule has 0 aliphatic carbocycles. The number of nitrogen functional groups attached to an aromatic ring is 1. The third kappa shape index (κ3) is 3.87. The predicted octanol–water partition coefficient (Wildman–Crippen LogP) is 4.78. The van der Waals surface area contributed by atoms with Gasteiger partial charge >= 0.3 is 0 Å². The number of nitrogens with two attached hydrogens (primary N) is 1. The zero-order chi connectivity index (χ0) is 16.4. The van der Waals surface area contributed by atoms with Crippen LogP contribution in [0.5, 0.6) is 0 Å². The molecule has 1 aliphatic rings. The standard InChI is InChI=1S/C19H22N2OS.ClH/c1-13(2)23-15-10-8-14(9-11-15)19(22)21-12-4-5-16-17(20)6-3-7-18(16)21;/h3,6-11,13H,4-5,12,20H2,1-2H3;1H. The van der Waals surface area contributed by atoms with E-state index in [-0.39, 0.29) is 18.3 Å². The molecule has 3 nitrogen and oxygen atoms in total. The van der Waals surface area contributed by atoms with Gasteiger partial charge in [-0.2, -0.15) is 0 Å². The second-order valence-corrected chi connectivity index (χ2v) is 7.75. The Bertz CT molecular complexity index is 716. The molecule has 0 saturated carbocycles. The quantitative estimate of drug-likeness (QED) is 0.631. The Labute approximate surface area is 154 Å². The number of halogens is 1. The summed E-state index contributed by atoms with van der Waals surface area (Å²) in [6, 6.07) is 13.7. The maximum absolute atomic E-state index is 12.9. The van der Waals surface area contributed by atoms with Crippen LogP contribution in [0, 0.1) is 0 Å². The van der Waals surface area contributed by atoms with Crippen molar-refractivity contribution in [2.24, 2.45) is 0 Å². The minimum Gasteiger partial charge on any atom is -0.398 e. The summed E-state index contributed by atoms with van der Waals surface area (Å²) in [5.74, 6) is 0.0534. The first-order chi connectivity index (χ1) is 11.1. The van der Waals surface area contributed by atoms with E-state index >= 15 is 0 Å². The van der Waals surface area contributed by atoms with E-state index in [2.05, 4.69) is 13.8 Å². The largest absolute Gasteiger partial charge is 0.398 e. The van der Waals surface area contributed by atoms with Crippen molar-refractivity contribution < 1.29 is 4.79 Å². The van der Waals surface area contributed by atoms with Crippen LogP contribution in [0.25, 0.3) is 0 Å². The monoisotopic (exact) mass is 362 g/mol. The highest BCUT2D eigenvalue weighted by molar-refractivity contribution is 7.99. The first-order valence-electron chi connectivity index (χ1n) is 8.02. The second-order valence-electron chi connectivity index (χ2n) is 6.10. The van der Waals surface area contributed by atoms with E-state index in [0.29, 0.717) is 5.25 Å². The molecule has 3 rings (SSSR count). The minimum atomic E-state index is 0. The van der Waals surface area contributed by atoms with Gasteiger partial charge in [-0.05, 0) is 54.8 Å². The molecule has 0 unspecified atom stereocenters. The molecule has 0 radical (unpaired) electrons. The van der Waals surface area contributed by atoms with Gasteiger partial charge in [0, 0.05) is 33.6 Å². The number of anilines is 2. The first-order valence-corrected chi connectivity index (χ1v) is 8.90.